The van der Waals surface area contributed by atoms with Crippen molar-refractivity contribution in [3.8, 4) is 11.4 Å². The zero-order chi connectivity index (χ0) is 21.9. The summed E-state index contributed by atoms with van der Waals surface area (Å²) in [5.74, 6) is 0.839. The third-order valence-electron chi connectivity index (χ3n) is 4.93. The summed E-state index contributed by atoms with van der Waals surface area (Å²) in [4.78, 5) is 18.5. The van der Waals surface area contributed by atoms with Gasteiger partial charge in [-0.1, -0.05) is 79.5 Å². The third-order valence-corrected chi connectivity index (χ3v) is 5.63. The van der Waals surface area contributed by atoms with E-state index < -0.39 is 0 Å². The van der Waals surface area contributed by atoms with Crippen molar-refractivity contribution in [2.75, 3.05) is 7.05 Å². The van der Waals surface area contributed by atoms with Crippen molar-refractivity contribution in [3.05, 3.63) is 69.5 Å². The number of rotatable bonds is 6. The van der Waals surface area contributed by atoms with E-state index in [9.17, 15) is 4.79 Å². The van der Waals surface area contributed by atoms with Crippen molar-refractivity contribution in [3.63, 3.8) is 0 Å². The van der Waals surface area contributed by atoms with Crippen molar-refractivity contribution in [2.24, 2.45) is 0 Å². The van der Waals surface area contributed by atoms with Gasteiger partial charge in [0.1, 0.15) is 0 Å². The van der Waals surface area contributed by atoms with E-state index in [4.69, 9.17) is 27.7 Å². The first-order valence-electron chi connectivity index (χ1n) is 9.75. The van der Waals surface area contributed by atoms with Crippen LogP contribution in [0, 0.1) is 0 Å². The van der Waals surface area contributed by atoms with Gasteiger partial charge in [0.2, 0.25) is 17.6 Å². The van der Waals surface area contributed by atoms with Crippen LogP contribution < -0.4 is 0 Å². The molecule has 3 rings (SSSR count). The number of carbonyl (C=O) groups excluding carboxylic acids is 1. The van der Waals surface area contributed by atoms with Crippen LogP contribution in [-0.2, 0) is 23.2 Å². The van der Waals surface area contributed by atoms with Crippen molar-refractivity contribution >= 4 is 29.1 Å². The summed E-state index contributed by atoms with van der Waals surface area (Å²) >= 11 is 12.4. The number of hydrogen-bond donors (Lipinski definition) is 0. The maximum absolute atomic E-state index is 12.5. The molecule has 30 heavy (non-hydrogen) atoms. The molecule has 7 heteroatoms. The predicted octanol–water partition coefficient (Wildman–Crippen LogP) is 5.93. The fourth-order valence-corrected chi connectivity index (χ4v) is 3.63. The van der Waals surface area contributed by atoms with Crippen molar-refractivity contribution < 1.29 is 9.32 Å². The SMILES string of the molecule is CN(Cc1nc(-c2ccc(C(C)(C)C)cc2)no1)C(=O)CCc1c(Cl)cccc1Cl. The number of amides is 1. The van der Waals surface area contributed by atoms with E-state index in [1.54, 1.807) is 30.1 Å². The standard InChI is InChI=1S/C23H25Cl2N3O2/c1-23(2,3)16-10-8-15(9-11-16)22-26-20(30-27-22)14-28(4)21(29)13-12-17-18(24)6-5-7-19(17)25/h5-11H,12-14H2,1-4H3. The van der Waals surface area contributed by atoms with Crippen LogP contribution in [0.2, 0.25) is 10.0 Å². The van der Waals surface area contributed by atoms with E-state index in [0.29, 0.717) is 28.2 Å². The van der Waals surface area contributed by atoms with Gasteiger partial charge in [-0.05, 0) is 35.1 Å². The lowest BCUT2D eigenvalue weighted by Crippen LogP contribution is -2.26. The van der Waals surface area contributed by atoms with E-state index in [1.807, 2.05) is 12.1 Å². The smallest absolute Gasteiger partial charge is 0.246 e. The molecular formula is C23H25Cl2N3O2. The summed E-state index contributed by atoms with van der Waals surface area (Å²) in [5, 5.41) is 5.18. The number of aromatic nitrogens is 2. The van der Waals surface area contributed by atoms with Crippen LogP contribution >= 0.6 is 23.2 Å². The second-order valence-electron chi connectivity index (χ2n) is 8.29. The molecule has 0 N–H and O–H groups in total. The molecule has 0 aliphatic heterocycles. The maximum Gasteiger partial charge on any atom is 0.246 e. The molecule has 1 heterocycles. The Balaban J connectivity index is 1.60. The summed E-state index contributed by atoms with van der Waals surface area (Å²) in [7, 11) is 1.71. The lowest BCUT2D eigenvalue weighted by atomic mass is 9.87. The Hall–Kier alpha value is -2.37. The lowest BCUT2D eigenvalue weighted by Gasteiger charge is -2.18. The minimum Gasteiger partial charge on any atom is -0.337 e. The Morgan fingerprint density at radius 2 is 1.70 bits per heavy atom. The fourth-order valence-electron chi connectivity index (χ4n) is 3.04. The number of hydrogen-bond acceptors (Lipinski definition) is 4. The third kappa shape index (κ3) is 5.41. The van der Waals surface area contributed by atoms with Crippen LogP contribution in [0.25, 0.3) is 11.4 Å². The molecule has 2 aromatic carbocycles. The second kappa shape index (κ2) is 9.19. The van der Waals surface area contributed by atoms with Crippen molar-refractivity contribution in [1.29, 1.82) is 0 Å². The highest BCUT2D eigenvalue weighted by atomic mass is 35.5. The first kappa shape index (κ1) is 22.3. The number of benzene rings is 2. The van der Waals surface area contributed by atoms with Gasteiger partial charge in [-0.15, -0.1) is 0 Å². The number of halogens is 2. The van der Waals surface area contributed by atoms with E-state index in [1.165, 1.54) is 5.56 Å². The van der Waals surface area contributed by atoms with Gasteiger partial charge in [-0.25, -0.2) is 0 Å². The average molecular weight is 446 g/mol. The predicted molar refractivity (Wildman–Crippen MR) is 120 cm³/mol. The molecule has 0 fully saturated rings. The monoisotopic (exact) mass is 445 g/mol. The Morgan fingerprint density at radius 1 is 1.07 bits per heavy atom. The lowest BCUT2D eigenvalue weighted by molar-refractivity contribution is -0.130. The first-order chi connectivity index (χ1) is 14.1. The van der Waals surface area contributed by atoms with E-state index in [2.05, 4.69) is 43.0 Å². The molecule has 0 aliphatic rings. The average Bonchev–Trinajstić information content (AvgIpc) is 3.15. The molecule has 0 aliphatic carbocycles. The van der Waals surface area contributed by atoms with Gasteiger partial charge in [0.05, 0.1) is 6.54 Å². The molecule has 5 nitrogen and oxygen atoms in total. The zero-order valence-corrected chi connectivity index (χ0v) is 19.1. The number of nitrogens with zero attached hydrogens (tertiary/aromatic N) is 3. The highest BCUT2D eigenvalue weighted by molar-refractivity contribution is 6.36. The maximum atomic E-state index is 12.5. The molecule has 3 aromatic rings. The molecule has 0 saturated heterocycles. The topological polar surface area (TPSA) is 59.2 Å². The van der Waals surface area contributed by atoms with E-state index >= 15 is 0 Å². The summed E-state index contributed by atoms with van der Waals surface area (Å²) in [5.41, 5.74) is 2.97. The van der Waals surface area contributed by atoms with Gasteiger partial charge in [-0.2, -0.15) is 4.98 Å². The van der Waals surface area contributed by atoms with Crippen LogP contribution in [0.1, 0.15) is 44.2 Å². The van der Waals surface area contributed by atoms with Gasteiger partial charge in [0, 0.05) is 29.1 Å². The van der Waals surface area contributed by atoms with Crippen LogP contribution in [-0.4, -0.2) is 28.0 Å². The fraction of sp³-hybridized carbons (Fsp3) is 0.348. The molecule has 0 saturated carbocycles. The van der Waals surface area contributed by atoms with Gasteiger partial charge in [0.15, 0.2) is 0 Å². The Kier molecular flexibility index (Phi) is 6.84. The summed E-state index contributed by atoms with van der Waals surface area (Å²) in [6, 6.07) is 13.4. The summed E-state index contributed by atoms with van der Waals surface area (Å²) in [6.07, 6.45) is 0.756. The van der Waals surface area contributed by atoms with Crippen molar-refractivity contribution in [1.82, 2.24) is 15.0 Å². The molecule has 1 amide bonds. The molecule has 0 radical (unpaired) electrons. The molecule has 158 valence electrons. The van der Waals surface area contributed by atoms with Crippen molar-refractivity contribution in [2.45, 2.75) is 45.6 Å². The zero-order valence-electron chi connectivity index (χ0n) is 17.6. The van der Waals surface area contributed by atoms with Gasteiger partial charge in [-0.3, -0.25) is 4.79 Å². The molecular weight excluding hydrogens is 421 g/mol. The normalized spacial score (nSPS) is 11.5. The van der Waals surface area contributed by atoms with Crippen LogP contribution in [0.3, 0.4) is 0 Å². The summed E-state index contributed by atoms with van der Waals surface area (Å²) < 4.78 is 5.34. The quantitative estimate of drug-likeness (QED) is 0.471. The molecule has 1 aromatic heterocycles. The largest absolute Gasteiger partial charge is 0.337 e. The van der Waals surface area contributed by atoms with Gasteiger partial charge >= 0.3 is 0 Å². The molecule has 0 atom stereocenters. The highest BCUT2D eigenvalue weighted by Gasteiger charge is 2.17. The van der Waals surface area contributed by atoms with Gasteiger partial charge < -0.3 is 9.42 Å². The first-order valence-corrected chi connectivity index (χ1v) is 10.5. The Labute approximate surface area is 187 Å². The second-order valence-corrected chi connectivity index (χ2v) is 9.10. The minimum absolute atomic E-state index is 0.0553. The molecule has 0 bridgehead atoms. The molecule has 0 unspecified atom stereocenters. The molecule has 0 spiro atoms. The Morgan fingerprint density at radius 3 is 2.30 bits per heavy atom. The minimum atomic E-state index is -0.0553. The van der Waals surface area contributed by atoms with Crippen LogP contribution in [0.4, 0.5) is 0 Å². The van der Waals surface area contributed by atoms with E-state index in [0.717, 1.165) is 11.1 Å². The number of carbonyl (C=O) groups is 1. The van der Waals surface area contributed by atoms with Crippen LogP contribution in [0.15, 0.2) is 47.0 Å². The Bertz CT molecular complexity index is 1000. The van der Waals surface area contributed by atoms with E-state index in [-0.39, 0.29) is 24.3 Å². The van der Waals surface area contributed by atoms with Crippen LogP contribution in [0.5, 0.6) is 0 Å². The highest BCUT2D eigenvalue weighted by Crippen LogP contribution is 2.26. The van der Waals surface area contributed by atoms with Gasteiger partial charge in [0.25, 0.3) is 0 Å². The summed E-state index contributed by atoms with van der Waals surface area (Å²) in [6.45, 7) is 6.74.